The minimum absolute atomic E-state index is 0.00982. The molecule has 2 aromatic heterocycles. The molecule has 1 aromatic carbocycles. The van der Waals surface area contributed by atoms with Crippen molar-refractivity contribution in [2.24, 2.45) is 7.05 Å². The van der Waals surface area contributed by atoms with Crippen LogP contribution in [0.25, 0.3) is 11.3 Å². The average Bonchev–Trinajstić information content (AvgIpc) is 3.46. The number of benzene rings is 1. The lowest BCUT2D eigenvalue weighted by molar-refractivity contribution is -0.265. The number of alkyl halides is 6. The molecule has 0 spiro atoms. The SMILES string of the molecule is Cn1nc(C(F)(F)F)cc1C(=O)NCC(O)(c1cc2c(c(-c3ccc(F)cc3)n1)OCC2(C)NS(=O)C(C)(C)C)C(F)(F)F. The highest BCUT2D eigenvalue weighted by molar-refractivity contribution is 7.84. The van der Waals surface area contributed by atoms with Gasteiger partial charge < -0.3 is 15.2 Å². The van der Waals surface area contributed by atoms with Gasteiger partial charge in [0, 0.05) is 24.2 Å². The summed E-state index contributed by atoms with van der Waals surface area (Å²) in [5.74, 6) is -2.04. The molecule has 3 N–H and O–H groups in total. The number of aromatic nitrogens is 3. The molecule has 240 valence electrons. The number of hydrogen-bond acceptors (Lipinski definition) is 6. The minimum atomic E-state index is -5.48. The van der Waals surface area contributed by atoms with E-state index in [0.717, 1.165) is 25.2 Å². The molecule has 44 heavy (non-hydrogen) atoms. The molecular formula is C27H28F7N5O4S. The lowest BCUT2D eigenvalue weighted by Crippen LogP contribution is -2.52. The summed E-state index contributed by atoms with van der Waals surface area (Å²) in [7, 11) is -0.748. The maximum absolute atomic E-state index is 14.6. The number of carbonyl (C=O) groups is 1. The quantitative estimate of drug-likeness (QED) is 0.325. The number of amides is 1. The fraction of sp³-hybridized carbons (Fsp3) is 0.444. The summed E-state index contributed by atoms with van der Waals surface area (Å²) < 4.78 is 118. The van der Waals surface area contributed by atoms with E-state index in [9.17, 15) is 44.8 Å². The van der Waals surface area contributed by atoms with Gasteiger partial charge in [-0.05, 0) is 58.0 Å². The molecular weight excluding hydrogens is 623 g/mol. The number of aliphatic hydroxyl groups is 1. The van der Waals surface area contributed by atoms with Crippen molar-refractivity contribution >= 4 is 16.9 Å². The fourth-order valence-corrected chi connectivity index (χ4v) is 5.18. The van der Waals surface area contributed by atoms with Crippen molar-refractivity contribution < 1.29 is 49.6 Å². The molecule has 3 atom stereocenters. The third-order valence-electron chi connectivity index (χ3n) is 6.86. The standard InChI is InChI=1S/C27H28F7N5O4S/c1-23(2,3)44(42)38-24(4)13-43-21-16(24)10-18(36-20(21)14-6-8-15(28)9-7-14)25(41,27(32,33)34)12-35-22(40)17-11-19(26(29,30)31)37-39(17)5/h6-11,38,41H,12-13H2,1-5H3,(H,35,40). The zero-order valence-corrected chi connectivity index (χ0v) is 24.8. The molecule has 3 heterocycles. The highest BCUT2D eigenvalue weighted by Crippen LogP contribution is 2.47. The maximum Gasteiger partial charge on any atom is 0.435 e. The Morgan fingerprint density at radius 2 is 1.70 bits per heavy atom. The van der Waals surface area contributed by atoms with Gasteiger partial charge in [0.1, 0.15) is 23.8 Å². The highest BCUT2D eigenvalue weighted by atomic mass is 32.2. The van der Waals surface area contributed by atoms with Crippen molar-refractivity contribution in [2.75, 3.05) is 13.2 Å². The van der Waals surface area contributed by atoms with Crippen molar-refractivity contribution in [3.8, 4) is 17.0 Å². The summed E-state index contributed by atoms with van der Waals surface area (Å²) in [6, 6.07) is 5.79. The summed E-state index contributed by atoms with van der Waals surface area (Å²) in [5.41, 5.74) is -8.47. The van der Waals surface area contributed by atoms with Crippen LogP contribution in [0.5, 0.6) is 5.75 Å². The maximum atomic E-state index is 14.6. The highest BCUT2D eigenvalue weighted by Gasteiger charge is 2.57. The number of ether oxygens (including phenoxy) is 1. The Bertz CT molecular complexity index is 1600. The molecule has 1 amide bonds. The van der Waals surface area contributed by atoms with Crippen molar-refractivity contribution in [1.29, 1.82) is 0 Å². The van der Waals surface area contributed by atoms with Gasteiger partial charge in [-0.2, -0.15) is 31.4 Å². The van der Waals surface area contributed by atoms with Gasteiger partial charge in [-0.15, -0.1) is 0 Å². The molecule has 0 radical (unpaired) electrons. The lowest BCUT2D eigenvalue weighted by Gasteiger charge is -2.32. The van der Waals surface area contributed by atoms with Gasteiger partial charge in [0.15, 0.2) is 11.4 Å². The monoisotopic (exact) mass is 651 g/mol. The smallest absolute Gasteiger partial charge is 0.435 e. The number of nitrogens with one attached hydrogen (secondary N) is 2. The van der Waals surface area contributed by atoms with Crippen LogP contribution in [-0.2, 0) is 35.3 Å². The first-order valence-electron chi connectivity index (χ1n) is 12.9. The second-order valence-corrected chi connectivity index (χ2v) is 13.4. The predicted molar refractivity (Wildman–Crippen MR) is 144 cm³/mol. The normalized spacial score (nSPS) is 19.2. The van der Waals surface area contributed by atoms with Gasteiger partial charge in [-0.25, -0.2) is 18.3 Å². The number of aryl methyl sites for hydroxylation is 1. The average molecular weight is 652 g/mol. The molecule has 0 aliphatic carbocycles. The van der Waals surface area contributed by atoms with E-state index in [2.05, 4.69) is 14.8 Å². The van der Waals surface area contributed by atoms with Crippen LogP contribution in [0.4, 0.5) is 30.7 Å². The van der Waals surface area contributed by atoms with E-state index in [1.807, 2.05) is 5.32 Å². The van der Waals surface area contributed by atoms with Crippen molar-refractivity contribution in [3.63, 3.8) is 0 Å². The molecule has 3 aromatic rings. The Morgan fingerprint density at radius 3 is 2.23 bits per heavy atom. The van der Waals surface area contributed by atoms with Crippen LogP contribution in [0.3, 0.4) is 0 Å². The van der Waals surface area contributed by atoms with Crippen LogP contribution in [-0.4, -0.2) is 54.1 Å². The first-order chi connectivity index (χ1) is 20.1. The van der Waals surface area contributed by atoms with E-state index in [1.165, 1.54) is 19.1 Å². The molecule has 1 aliphatic heterocycles. The largest absolute Gasteiger partial charge is 0.489 e. The summed E-state index contributed by atoms with van der Waals surface area (Å²) >= 11 is 0. The summed E-state index contributed by atoms with van der Waals surface area (Å²) in [5, 5.41) is 16.2. The number of rotatable bonds is 7. The predicted octanol–water partition coefficient (Wildman–Crippen LogP) is 4.48. The van der Waals surface area contributed by atoms with Gasteiger partial charge >= 0.3 is 12.4 Å². The second kappa shape index (κ2) is 11.1. The first-order valence-corrected chi connectivity index (χ1v) is 14.0. The van der Waals surface area contributed by atoms with E-state index in [4.69, 9.17) is 4.74 Å². The lowest BCUT2D eigenvalue weighted by atomic mass is 9.89. The molecule has 0 saturated heterocycles. The van der Waals surface area contributed by atoms with Gasteiger partial charge in [-0.3, -0.25) is 9.48 Å². The van der Waals surface area contributed by atoms with E-state index in [-0.39, 0.29) is 29.2 Å². The van der Waals surface area contributed by atoms with E-state index >= 15 is 0 Å². The van der Waals surface area contributed by atoms with E-state index in [1.54, 1.807) is 20.8 Å². The van der Waals surface area contributed by atoms with Crippen LogP contribution < -0.4 is 14.8 Å². The summed E-state index contributed by atoms with van der Waals surface area (Å²) in [4.78, 5) is 16.7. The Labute approximate surface area is 249 Å². The van der Waals surface area contributed by atoms with E-state index < -0.39 is 74.6 Å². The Hall–Kier alpha value is -3.57. The van der Waals surface area contributed by atoms with Crippen LogP contribution in [0, 0.1) is 5.82 Å². The molecule has 17 heteroatoms. The minimum Gasteiger partial charge on any atom is -0.489 e. The Morgan fingerprint density at radius 1 is 1.09 bits per heavy atom. The first kappa shape index (κ1) is 33.3. The Balaban J connectivity index is 1.83. The van der Waals surface area contributed by atoms with Crippen molar-refractivity contribution in [1.82, 2.24) is 24.8 Å². The number of fused-ring (bicyclic) bond motifs is 1. The molecule has 9 nitrogen and oxygen atoms in total. The fourth-order valence-electron chi connectivity index (χ4n) is 4.29. The molecule has 0 saturated carbocycles. The number of pyridine rings is 1. The van der Waals surface area contributed by atoms with Gasteiger partial charge in [0.05, 0.1) is 33.5 Å². The summed E-state index contributed by atoms with van der Waals surface area (Å²) in [6.45, 7) is 4.77. The third-order valence-corrected chi connectivity index (χ3v) is 8.61. The topological polar surface area (TPSA) is 118 Å². The van der Waals surface area contributed by atoms with Crippen LogP contribution in [0.1, 0.15) is 55.1 Å². The zero-order valence-electron chi connectivity index (χ0n) is 23.9. The Kier molecular flexibility index (Phi) is 8.41. The van der Waals surface area contributed by atoms with Crippen LogP contribution >= 0.6 is 0 Å². The van der Waals surface area contributed by atoms with Crippen molar-refractivity contribution in [2.45, 2.75) is 55.9 Å². The molecule has 0 fully saturated rings. The van der Waals surface area contributed by atoms with Crippen LogP contribution in [0.15, 0.2) is 36.4 Å². The number of halogens is 7. The zero-order chi connectivity index (χ0) is 33.0. The second-order valence-electron chi connectivity index (χ2n) is 11.4. The number of carbonyl (C=O) groups excluding carboxylic acids is 1. The van der Waals surface area contributed by atoms with E-state index in [0.29, 0.717) is 10.7 Å². The van der Waals surface area contributed by atoms with Gasteiger partial charge in [-0.1, -0.05) is 0 Å². The molecule has 0 bridgehead atoms. The van der Waals surface area contributed by atoms with Gasteiger partial charge in [0.2, 0.25) is 5.60 Å². The van der Waals surface area contributed by atoms with Gasteiger partial charge in [0.25, 0.3) is 5.91 Å². The number of hydrogen-bond donors (Lipinski definition) is 3. The molecule has 1 aliphatic rings. The molecule has 3 unspecified atom stereocenters. The van der Waals surface area contributed by atoms with Crippen LogP contribution in [0.2, 0.25) is 0 Å². The summed E-state index contributed by atoms with van der Waals surface area (Å²) in [6.07, 6.45) is -10.4. The van der Waals surface area contributed by atoms with Crippen molar-refractivity contribution in [3.05, 3.63) is 64.9 Å². The third kappa shape index (κ3) is 6.30. The molecule has 4 rings (SSSR count). The number of nitrogens with zero attached hydrogens (tertiary/aromatic N) is 3.